The van der Waals surface area contributed by atoms with Gasteiger partial charge in [0.05, 0.1) is 83.3 Å². The van der Waals surface area contributed by atoms with Gasteiger partial charge in [-0.3, -0.25) is 9.59 Å². The first-order valence-electron chi connectivity index (χ1n) is 16.0. The first-order valence-corrected chi connectivity index (χ1v) is 16.0. The Hall–Kier alpha value is -3.11. The molecule has 48 heavy (non-hydrogen) atoms. The Morgan fingerprint density at radius 1 is 0.792 bits per heavy atom. The van der Waals surface area contributed by atoms with E-state index in [1.54, 1.807) is 19.2 Å². The third-order valence-electron chi connectivity index (χ3n) is 6.03. The van der Waals surface area contributed by atoms with Crippen molar-refractivity contribution in [1.82, 2.24) is 10.2 Å². The van der Waals surface area contributed by atoms with E-state index in [1.165, 1.54) is 18.0 Å². The van der Waals surface area contributed by atoms with Crippen LogP contribution in [0.3, 0.4) is 0 Å². The minimum atomic E-state index is -0.775. The van der Waals surface area contributed by atoms with Gasteiger partial charge in [0.25, 0.3) is 5.91 Å². The zero-order valence-corrected chi connectivity index (χ0v) is 30.0. The van der Waals surface area contributed by atoms with Crippen LogP contribution in [-0.2, 0) is 42.8 Å². The van der Waals surface area contributed by atoms with Gasteiger partial charge in [0, 0.05) is 44.8 Å². The van der Waals surface area contributed by atoms with Gasteiger partial charge in [0.15, 0.2) is 6.29 Å². The summed E-state index contributed by atoms with van der Waals surface area (Å²) in [6, 6.07) is 4.08. The van der Waals surface area contributed by atoms with Crippen molar-refractivity contribution < 1.29 is 52.4 Å². The highest BCUT2D eigenvalue weighted by Gasteiger charge is 2.25. The summed E-state index contributed by atoms with van der Waals surface area (Å²) in [6.45, 7) is 10.6. The van der Waals surface area contributed by atoms with E-state index in [4.69, 9.17) is 28.4 Å². The molecule has 0 saturated heterocycles. The van der Waals surface area contributed by atoms with Crippen LogP contribution < -0.4 is 10.6 Å². The number of carbonyl (C=O) groups is 5. The Morgan fingerprint density at radius 3 is 1.67 bits per heavy atom. The topological polar surface area (TPSA) is 168 Å². The molecule has 0 fully saturated rings. The minimum Gasteiger partial charge on any atom is -0.382 e. The lowest BCUT2D eigenvalue weighted by Gasteiger charge is -2.25. The summed E-state index contributed by atoms with van der Waals surface area (Å²) in [5, 5.41) is 5.86. The van der Waals surface area contributed by atoms with E-state index < -0.39 is 11.9 Å². The first kappa shape index (κ1) is 47.0. The van der Waals surface area contributed by atoms with Gasteiger partial charge in [0.1, 0.15) is 18.9 Å². The Kier molecular flexibility index (Phi) is 31.8. The lowest BCUT2D eigenvalue weighted by Crippen LogP contribution is -2.39. The van der Waals surface area contributed by atoms with E-state index in [-0.39, 0.29) is 29.6 Å². The zero-order chi connectivity index (χ0) is 36.5. The maximum absolute atomic E-state index is 13.1. The summed E-state index contributed by atoms with van der Waals surface area (Å²) in [6.07, 6.45) is 3.45. The third-order valence-corrected chi connectivity index (χ3v) is 6.03. The molecule has 0 radical (unpaired) electrons. The Balaban J connectivity index is 0. The van der Waals surface area contributed by atoms with Crippen LogP contribution in [0.5, 0.6) is 0 Å². The smallest absolute Gasteiger partial charge is 0.257 e. The summed E-state index contributed by atoms with van der Waals surface area (Å²) < 4.78 is 31.8. The predicted octanol–water partition coefficient (Wildman–Crippen LogP) is 2.47. The molecule has 0 spiro atoms. The molecular formula is C34H59N3O11. The van der Waals surface area contributed by atoms with Gasteiger partial charge in [-0.15, -0.1) is 0 Å². The number of ether oxygens (including phenoxy) is 6. The van der Waals surface area contributed by atoms with Crippen LogP contribution in [0.15, 0.2) is 18.2 Å². The van der Waals surface area contributed by atoms with Crippen LogP contribution in [0.1, 0.15) is 60.7 Å². The van der Waals surface area contributed by atoms with Crippen LogP contribution in [0, 0.1) is 0 Å². The summed E-state index contributed by atoms with van der Waals surface area (Å²) >= 11 is 0. The molecule has 1 rings (SSSR count). The van der Waals surface area contributed by atoms with Gasteiger partial charge in [-0.2, -0.15) is 0 Å². The van der Waals surface area contributed by atoms with Gasteiger partial charge in [-0.1, -0.05) is 12.1 Å². The number of hydrogen-bond donors (Lipinski definition) is 2. The van der Waals surface area contributed by atoms with Crippen LogP contribution in [0.2, 0.25) is 0 Å². The Labute approximate surface area is 286 Å². The fourth-order valence-corrected chi connectivity index (χ4v) is 3.34. The average molecular weight is 686 g/mol. The van der Waals surface area contributed by atoms with Crippen LogP contribution >= 0.6 is 0 Å². The first-order chi connectivity index (χ1) is 23.1. The molecule has 2 N–H and O–H groups in total. The van der Waals surface area contributed by atoms with Crippen LogP contribution in [0.25, 0.3) is 0 Å². The molecule has 0 aliphatic carbocycles. The highest BCUT2D eigenvalue weighted by atomic mass is 16.6. The molecule has 14 heteroatoms. The molecule has 1 aromatic carbocycles. The van der Waals surface area contributed by atoms with Gasteiger partial charge in [-0.25, -0.2) is 0 Å². The number of aldehydes is 4. The molecule has 276 valence electrons. The van der Waals surface area contributed by atoms with Crippen LogP contribution in [0.4, 0.5) is 5.69 Å². The van der Waals surface area contributed by atoms with E-state index in [2.05, 4.69) is 10.6 Å². The second kappa shape index (κ2) is 32.4. The lowest BCUT2D eigenvalue weighted by molar-refractivity contribution is -0.112. The van der Waals surface area contributed by atoms with E-state index in [1.807, 2.05) is 34.9 Å². The molecule has 0 aliphatic heterocycles. The fourth-order valence-electron chi connectivity index (χ4n) is 3.34. The average Bonchev–Trinajstić information content (AvgIpc) is 3.07. The molecule has 0 aromatic heterocycles. The summed E-state index contributed by atoms with van der Waals surface area (Å²) in [7, 11) is 6.93. The summed E-state index contributed by atoms with van der Waals surface area (Å²) in [5.74, 6) is -0.494. The van der Waals surface area contributed by atoms with E-state index in [0.29, 0.717) is 104 Å². The number of likely N-dealkylation sites (N-methyl/N-ethyl adjacent to an activating group) is 1. The standard InChI is InChI=1S/C27H40N2O10.C5H12O.C2H7N/c1-29(24(22-33)6-3-9-30)27(34)26-23(21-32)5-2-7-25(26)28-8-12-36-14-16-38-18-20-39-19-17-37-15-13-35-11-4-10-31;1-5(2,3)6-4;1-3-2/h2,5,7,9-10,21-22,24,28H,3-4,6,8,11-20H2,1H3;1-4H3;3H,1-2H3. The number of benzene rings is 1. The molecule has 1 unspecified atom stereocenters. The number of nitrogens with one attached hydrogen (secondary N) is 2. The number of rotatable bonds is 26. The lowest BCUT2D eigenvalue weighted by atomic mass is 10.0. The second-order valence-electron chi connectivity index (χ2n) is 11.0. The number of nitrogens with zero attached hydrogens (tertiary/aromatic N) is 1. The highest BCUT2D eigenvalue weighted by molar-refractivity contribution is 6.06. The summed E-state index contributed by atoms with van der Waals surface area (Å²) in [5.41, 5.74) is 0.840. The minimum absolute atomic E-state index is 0.0417. The van der Waals surface area contributed by atoms with Gasteiger partial charge in [-0.05, 0) is 47.4 Å². The van der Waals surface area contributed by atoms with Gasteiger partial charge in [0.2, 0.25) is 0 Å². The van der Waals surface area contributed by atoms with Crippen molar-refractivity contribution >= 4 is 36.7 Å². The highest BCUT2D eigenvalue weighted by Crippen LogP contribution is 2.22. The molecule has 14 nitrogen and oxygen atoms in total. The van der Waals surface area contributed by atoms with Gasteiger partial charge < -0.3 is 58.3 Å². The second-order valence-corrected chi connectivity index (χ2v) is 11.0. The number of anilines is 1. The van der Waals surface area contributed by atoms with E-state index >= 15 is 0 Å². The zero-order valence-electron chi connectivity index (χ0n) is 30.0. The molecule has 0 saturated carbocycles. The SMILES string of the molecule is CN(C(=O)c1c(C=O)cccc1NCCOCCOCCOCCOCCOCCC=O)C(C=O)CCC=O.CNC.COC(C)(C)C. The molecule has 1 aromatic rings. The van der Waals surface area contributed by atoms with Crippen molar-refractivity contribution in [2.75, 3.05) is 106 Å². The van der Waals surface area contributed by atoms with Gasteiger partial charge >= 0.3 is 0 Å². The predicted molar refractivity (Wildman–Crippen MR) is 184 cm³/mol. The number of methoxy groups -OCH3 is 1. The maximum Gasteiger partial charge on any atom is 0.257 e. The number of hydrogen-bond acceptors (Lipinski definition) is 13. The molecule has 1 amide bonds. The van der Waals surface area contributed by atoms with Crippen molar-refractivity contribution in [2.45, 2.75) is 51.7 Å². The Morgan fingerprint density at radius 2 is 1.25 bits per heavy atom. The van der Waals surface area contributed by atoms with Crippen molar-refractivity contribution in [3.63, 3.8) is 0 Å². The van der Waals surface area contributed by atoms with Crippen molar-refractivity contribution in [3.05, 3.63) is 29.3 Å². The monoisotopic (exact) mass is 685 g/mol. The van der Waals surface area contributed by atoms with Crippen molar-refractivity contribution in [3.8, 4) is 0 Å². The maximum atomic E-state index is 13.1. The van der Waals surface area contributed by atoms with Crippen LogP contribution in [-0.4, -0.2) is 148 Å². The molecule has 1 atom stereocenters. The quantitative estimate of drug-likeness (QED) is 0.108. The van der Waals surface area contributed by atoms with E-state index in [0.717, 1.165) is 6.29 Å². The number of amides is 1. The third kappa shape index (κ3) is 25.9. The largest absolute Gasteiger partial charge is 0.382 e. The molecular weight excluding hydrogens is 626 g/mol. The van der Waals surface area contributed by atoms with E-state index in [9.17, 15) is 24.0 Å². The summed E-state index contributed by atoms with van der Waals surface area (Å²) in [4.78, 5) is 58.2. The Bertz CT molecular complexity index is 974. The molecule has 0 heterocycles. The number of carbonyl (C=O) groups excluding carboxylic acids is 5. The fraction of sp³-hybridized carbons (Fsp3) is 0.676. The van der Waals surface area contributed by atoms with Crippen molar-refractivity contribution in [2.24, 2.45) is 0 Å². The molecule has 0 bridgehead atoms. The van der Waals surface area contributed by atoms with Crippen molar-refractivity contribution in [1.29, 1.82) is 0 Å². The normalized spacial score (nSPS) is 11.2. The molecule has 0 aliphatic rings.